The molecule has 0 unspecified atom stereocenters. The second-order valence-electron chi connectivity index (χ2n) is 9.10. The maximum absolute atomic E-state index is 13.6. The van der Waals surface area contributed by atoms with Gasteiger partial charge in [0.05, 0.1) is 17.2 Å². The molecule has 0 spiro atoms. The smallest absolute Gasteiger partial charge is 0.295 e. The highest BCUT2D eigenvalue weighted by molar-refractivity contribution is 7.98. The molecule has 1 heterocycles. The van der Waals surface area contributed by atoms with E-state index in [9.17, 15) is 4.79 Å². The Bertz CT molecular complexity index is 1480. The van der Waals surface area contributed by atoms with Crippen LogP contribution in [0.15, 0.2) is 138 Å². The fraction of sp³-hybridized carbons (Fsp3) is 0.0938. The van der Waals surface area contributed by atoms with E-state index in [0.29, 0.717) is 5.69 Å². The summed E-state index contributed by atoms with van der Waals surface area (Å²) >= 11 is 0. The zero-order valence-corrected chi connectivity index (χ0v) is 22.3. The number of nitrogens with one attached hydrogen (secondary N) is 1. The van der Waals surface area contributed by atoms with Crippen LogP contribution in [-0.2, 0) is 7.05 Å². The highest BCUT2D eigenvalue weighted by Crippen LogP contribution is 2.57. The molecule has 4 aromatic carbocycles. The lowest BCUT2D eigenvalue weighted by molar-refractivity contribution is 0.630. The number of anilines is 1. The molecule has 0 fully saturated rings. The molecule has 0 aliphatic heterocycles. The zero-order valence-electron chi connectivity index (χ0n) is 21.4. The van der Waals surface area contributed by atoms with Crippen LogP contribution >= 0.6 is 7.26 Å². The molecule has 184 valence electrons. The standard InChI is InChI=1S/C32H31N3OP/c1-25(33-31-26(2)34(3)35(32(31)36)27-16-8-4-9-17-27)24-37(28-18-10-5-11-19-28,29-20-12-6-13-21-29)30-22-14-7-15-23-30/h4-24,33H,1-3H3/q+1. The van der Waals surface area contributed by atoms with Gasteiger partial charge in [-0.25, -0.2) is 4.68 Å². The van der Waals surface area contributed by atoms with Gasteiger partial charge in [-0.2, -0.15) is 0 Å². The van der Waals surface area contributed by atoms with Crippen LogP contribution in [0.3, 0.4) is 0 Å². The molecule has 0 saturated heterocycles. The Morgan fingerprint density at radius 2 is 1.11 bits per heavy atom. The van der Waals surface area contributed by atoms with E-state index >= 15 is 0 Å². The fourth-order valence-corrected chi connectivity index (χ4v) is 8.81. The number of benzene rings is 4. The normalized spacial score (nSPS) is 11.9. The molecule has 4 nitrogen and oxygen atoms in total. The summed E-state index contributed by atoms with van der Waals surface area (Å²) in [6.45, 7) is 4.03. The van der Waals surface area contributed by atoms with Gasteiger partial charge in [0.15, 0.2) is 0 Å². The predicted molar refractivity (Wildman–Crippen MR) is 158 cm³/mol. The van der Waals surface area contributed by atoms with Crippen molar-refractivity contribution in [1.29, 1.82) is 0 Å². The van der Waals surface area contributed by atoms with Crippen molar-refractivity contribution in [2.45, 2.75) is 13.8 Å². The number of rotatable bonds is 7. The molecule has 5 aromatic rings. The first-order valence-electron chi connectivity index (χ1n) is 12.4. The number of aromatic nitrogens is 2. The Kier molecular flexibility index (Phi) is 6.94. The summed E-state index contributed by atoms with van der Waals surface area (Å²) in [5, 5.41) is 7.30. The fourth-order valence-electron chi connectivity index (χ4n) is 4.89. The minimum absolute atomic E-state index is 0.0676. The van der Waals surface area contributed by atoms with Gasteiger partial charge < -0.3 is 5.32 Å². The maximum atomic E-state index is 13.6. The monoisotopic (exact) mass is 504 g/mol. The van der Waals surface area contributed by atoms with Crippen molar-refractivity contribution in [3.8, 4) is 5.69 Å². The lowest BCUT2D eigenvalue weighted by Crippen LogP contribution is -2.30. The van der Waals surface area contributed by atoms with E-state index in [1.807, 2.05) is 49.0 Å². The molecule has 5 heteroatoms. The maximum Gasteiger partial charge on any atom is 0.295 e. The van der Waals surface area contributed by atoms with Crippen LogP contribution in [0.2, 0.25) is 0 Å². The molecule has 37 heavy (non-hydrogen) atoms. The number of allylic oxidation sites excluding steroid dienone is 1. The Hall–Kier alpha value is -4.14. The lowest BCUT2D eigenvalue weighted by Gasteiger charge is -2.25. The third kappa shape index (κ3) is 4.57. The van der Waals surface area contributed by atoms with Crippen LogP contribution in [0.25, 0.3) is 5.69 Å². The molecule has 1 aromatic heterocycles. The SMILES string of the molecule is CC(=C[P+](c1ccccc1)(c1ccccc1)c1ccccc1)Nc1c(C)n(C)n(-c2ccccc2)c1=O. The van der Waals surface area contributed by atoms with Gasteiger partial charge in [0.25, 0.3) is 5.56 Å². The van der Waals surface area contributed by atoms with Crippen molar-refractivity contribution in [2.24, 2.45) is 7.05 Å². The summed E-state index contributed by atoms with van der Waals surface area (Å²) < 4.78 is 3.61. The van der Waals surface area contributed by atoms with E-state index in [-0.39, 0.29) is 5.56 Å². The largest absolute Gasteiger partial charge is 0.350 e. The van der Waals surface area contributed by atoms with Crippen LogP contribution in [0.5, 0.6) is 0 Å². The minimum atomic E-state index is -2.18. The summed E-state index contributed by atoms with van der Waals surface area (Å²) in [5.41, 5.74) is 3.18. The Labute approximate surface area is 218 Å². The summed E-state index contributed by atoms with van der Waals surface area (Å²) in [6.07, 6.45) is 0. The van der Waals surface area contributed by atoms with Gasteiger partial charge >= 0.3 is 0 Å². The van der Waals surface area contributed by atoms with Gasteiger partial charge in [-0.1, -0.05) is 72.8 Å². The van der Waals surface area contributed by atoms with Crippen LogP contribution in [-0.4, -0.2) is 9.36 Å². The van der Waals surface area contributed by atoms with Crippen molar-refractivity contribution in [1.82, 2.24) is 9.36 Å². The van der Waals surface area contributed by atoms with Crippen molar-refractivity contribution in [3.05, 3.63) is 149 Å². The highest BCUT2D eigenvalue weighted by Gasteiger charge is 2.44. The van der Waals surface area contributed by atoms with Gasteiger partial charge in [-0.05, 0) is 62.4 Å². The van der Waals surface area contributed by atoms with Gasteiger partial charge in [-0.15, -0.1) is 0 Å². The molecule has 0 saturated carbocycles. The van der Waals surface area contributed by atoms with Crippen LogP contribution < -0.4 is 26.8 Å². The third-order valence-corrected chi connectivity index (χ3v) is 10.9. The first kappa shape index (κ1) is 24.5. The summed E-state index contributed by atoms with van der Waals surface area (Å²) in [5.74, 6) is 2.35. The second kappa shape index (κ2) is 10.5. The molecule has 0 bridgehead atoms. The Morgan fingerprint density at radius 1 is 0.703 bits per heavy atom. The second-order valence-corrected chi connectivity index (χ2v) is 12.4. The van der Waals surface area contributed by atoms with Gasteiger partial charge in [0.1, 0.15) is 28.9 Å². The van der Waals surface area contributed by atoms with Crippen LogP contribution in [0.1, 0.15) is 12.6 Å². The summed E-state index contributed by atoms with van der Waals surface area (Å²) in [7, 11) is -0.260. The molecular weight excluding hydrogens is 473 g/mol. The number of hydrogen-bond donors (Lipinski definition) is 1. The molecule has 0 radical (unpaired) electrons. The molecule has 1 N–H and O–H groups in total. The van der Waals surface area contributed by atoms with Crippen molar-refractivity contribution in [3.63, 3.8) is 0 Å². The number of hydrogen-bond acceptors (Lipinski definition) is 2. The molecule has 5 rings (SSSR count). The van der Waals surface area contributed by atoms with E-state index in [1.54, 1.807) is 4.68 Å². The number of para-hydroxylation sites is 1. The van der Waals surface area contributed by atoms with Gasteiger partial charge in [0, 0.05) is 12.7 Å². The van der Waals surface area contributed by atoms with E-state index < -0.39 is 7.26 Å². The molecule has 0 aliphatic rings. The average molecular weight is 505 g/mol. The number of nitrogens with zero attached hydrogens (tertiary/aromatic N) is 2. The third-order valence-electron chi connectivity index (χ3n) is 6.75. The van der Waals surface area contributed by atoms with Crippen LogP contribution in [0.4, 0.5) is 5.69 Å². The summed E-state index contributed by atoms with van der Waals surface area (Å²) in [6, 6.07) is 41.8. The van der Waals surface area contributed by atoms with Gasteiger partial charge in [-0.3, -0.25) is 9.48 Å². The average Bonchev–Trinajstić information content (AvgIpc) is 3.16. The van der Waals surface area contributed by atoms with Crippen LogP contribution in [0, 0.1) is 6.92 Å². The van der Waals surface area contributed by atoms with Crippen molar-refractivity contribution in [2.75, 3.05) is 5.32 Å². The predicted octanol–water partition coefficient (Wildman–Crippen LogP) is 5.75. The first-order valence-corrected chi connectivity index (χ1v) is 14.2. The van der Waals surface area contributed by atoms with Crippen molar-refractivity contribution >= 4 is 28.9 Å². The van der Waals surface area contributed by atoms with E-state index in [4.69, 9.17) is 0 Å². The Balaban J connectivity index is 1.69. The van der Waals surface area contributed by atoms with E-state index in [0.717, 1.165) is 17.1 Å². The molecule has 0 atom stereocenters. The van der Waals surface area contributed by atoms with E-state index in [2.05, 4.69) is 109 Å². The summed E-state index contributed by atoms with van der Waals surface area (Å²) in [4.78, 5) is 13.6. The highest BCUT2D eigenvalue weighted by atomic mass is 31.2. The van der Waals surface area contributed by atoms with Crippen molar-refractivity contribution < 1.29 is 0 Å². The molecule has 0 amide bonds. The van der Waals surface area contributed by atoms with E-state index in [1.165, 1.54) is 15.9 Å². The molecule has 0 aliphatic carbocycles. The Morgan fingerprint density at radius 3 is 1.54 bits per heavy atom. The molecular formula is C32H31N3OP+. The first-order chi connectivity index (χ1) is 18.0. The quantitative estimate of drug-likeness (QED) is 0.287. The van der Waals surface area contributed by atoms with Gasteiger partial charge in [0.2, 0.25) is 0 Å². The lowest BCUT2D eigenvalue weighted by atomic mass is 10.3. The zero-order chi connectivity index (χ0) is 25.8. The minimum Gasteiger partial charge on any atom is -0.350 e. The topological polar surface area (TPSA) is 39.0 Å².